The van der Waals surface area contributed by atoms with Crippen molar-refractivity contribution in [3.8, 4) is 5.75 Å². The Labute approximate surface area is 130 Å². The van der Waals surface area contributed by atoms with Gasteiger partial charge >= 0.3 is 5.63 Å². The molecule has 2 heterocycles. The maximum absolute atomic E-state index is 12.3. The van der Waals surface area contributed by atoms with Gasteiger partial charge in [-0.25, -0.2) is 4.79 Å². The summed E-state index contributed by atoms with van der Waals surface area (Å²) in [5.74, 6) is 0.966. The molecule has 3 nitrogen and oxygen atoms in total. The van der Waals surface area contributed by atoms with E-state index in [2.05, 4.69) is 20.8 Å². The van der Waals surface area contributed by atoms with Gasteiger partial charge in [-0.2, -0.15) is 0 Å². The molecule has 0 atom stereocenters. The fourth-order valence-corrected chi connectivity index (χ4v) is 3.91. The van der Waals surface area contributed by atoms with Crippen molar-refractivity contribution in [1.29, 1.82) is 0 Å². The molecule has 0 N–H and O–H groups in total. The van der Waals surface area contributed by atoms with Gasteiger partial charge in [0.05, 0.1) is 5.39 Å². The minimum Gasteiger partial charge on any atom is -0.487 e. The molecule has 1 aliphatic heterocycles. The Morgan fingerprint density at radius 3 is 2.55 bits per heavy atom. The van der Waals surface area contributed by atoms with Crippen LogP contribution in [0.1, 0.15) is 55.4 Å². The third-order valence-electron chi connectivity index (χ3n) is 5.15. The second-order valence-electron chi connectivity index (χ2n) is 7.29. The average molecular weight is 298 g/mol. The van der Waals surface area contributed by atoms with Crippen molar-refractivity contribution in [1.82, 2.24) is 0 Å². The molecular formula is C19H22O3. The molecule has 1 aromatic heterocycles. The fourth-order valence-electron chi connectivity index (χ4n) is 3.91. The second-order valence-corrected chi connectivity index (χ2v) is 7.29. The topological polar surface area (TPSA) is 39.4 Å². The van der Waals surface area contributed by atoms with E-state index in [1.807, 2.05) is 6.07 Å². The normalized spacial score (nSPS) is 19.4. The van der Waals surface area contributed by atoms with Crippen molar-refractivity contribution >= 4 is 11.0 Å². The van der Waals surface area contributed by atoms with Crippen LogP contribution in [0.3, 0.4) is 0 Å². The van der Waals surface area contributed by atoms with Crippen molar-refractivity contribution in [2.45, 2.75) is 64.9 Å². The molecule has 0 fully saturated rings. The molecule has 1 aromatic carbocycles. The fraction of sp³-hybridized carbons (Fsp3) is 0.526. The maximum atomic E-state index is 12.3. The van der Waals surface area contributed by atoms with Gasteiger partial charge in [-0.05, 0) is 82.1 Å². The summed E-state index contributed by atoms with van der Waals surface area (Å²) < 4.78 is 12.0. The minimum atomic E-state index is -0.161. The summed E-state index contributed by atoms with van der Waals surface area (Å²) >= 11 is 0. The number of rotatable bonds is 0. The van der Waals surface area contributed by atoms with Crippen LogP contribution in [0.2, 0.25) is 0 Å². The van der Waals surface area contributed by atoms with Gasteiger partial charge in [0.25, 0.3) is 0 Å². The van der Waals surface area contributed by atoms with Gasteiger partial charge in [0.15, 0.2) is 0 Å². The average Bonchev–Trinajstić information content (AvgIpc) is 2.46. The molecule has 116 valence electrons. The molecule has 2 aliphatic rings. The van der Waals surface area contributed by atoms with Gasteiger partial charge in [0.1, 0.15) is 16.9 Å². The van der Waals surface area contributed by atoms with E-state index in [-0.39, 0.29) is 11.2 Å². The Balaban J connectivity index is 2.11. The molecule has 3 heteroatoms. The lowest BCUT2D eigenvalue weighted by molar-refractivity contribution is 0.0864. The Kier molecular flexibility index (Phi) is 2.91. The van der Waals surface area contributed by atoms with E-state index >= 15 is 0 Å². The van der Waals surface area contributed by atoms with Crippen LogP contribution < -0.4 is 10.4 Å². The molecule has 4 rings (SSSR count). The zero-order chi connectivity index (χ0) is 15.5. The van der Waals surface area contributed by atoms with Crippen LogP contribution in [0.25, 0.3) is 11.0 Å². The van der Waals surface area contributed by atoms with Crippen molar-refractivity contribution in [3.05, 3.63) is 38.7 Å². The van der Waals surface area contributed by atoms with Crippen LogP contribution in [-0.4, -0.2) is 5.60 Å². The van der Waals surface area contributed by atoms with Crippen LogP contribution in [0.5, 0.6) is 5.75 Å². The number of ether oxygens (including phenoxy) is 1. The third kappa shape index (κ3) is 1.98. The lowest BCUT2D eigenvalue weighted by Gasteiger charge is -2.34. The van der Waals surface area contributed by atoms with Gasteiger partial charge in [-0.15, -0.1) is 0 Å². The van der Waals surface area contributed by atoms with Crippen LogP contribution in [0.4, 0.5) is 0 Å². The molecular weight excluding hydrogens is 276 g/mol. The van der Waals surface area contributed by atoms with E-state index in [0.717, 1.165) is 60.8 Å². The summed E-state index contributed by atoms with van der Waals surface area (Å²) in [6, 6.07) is 2.02. The minimum absolute atomic E-state index is 0.156. The van der Waals surface area contributed by atoms with Gasteiger partial charge in [0.2, 0.25) is 0 Å². The molecule has 0 bridgehead atoms. The monoisotopic (exact) mass is 298 g/mol. The van der Waals surface area contributed by atoms with Crippen LogP contribution >= 0.6 is 0 Å². The lowest BCUT2D eigenvalue weighted by Crippen LogP contribution is -2.33. The summed E-state index contributed by atoms with van der Waals surface area (Å²) in [7, 11) is 0. The first kappa shape index (κ1) is 13.9. The van der Waals surface area contributed by atoms with Crippen molar-refractivity contribution < 1.29 is 9.15 Å². The first-order valence-electron chi connectivity index (χ1n) is 8.26. The van der Waals surface area contributed by atoms with Gasteiger partial charge in [0, 0.05) is 5.56 Å². The largest absolute Gasteiger partial charge is 0.487 e. The van der Waals surface area contributed by atoms with Gasteiger partial charge in [-0.1, -0.05) is 0 Å². The summed E-state index contributed by atoms with van der Waals surface area (Å²) in [5.41, 5.74) is 4.87. The van der Waals surface area contributed by atoms with E-state index in [1.165, 1.54) is 11.1 Å². The van der Waals surface area contributed by atoms with E-state index in [1.54, 1.807) is 0 Å². The Bertz CT molecular complexity index is 827. The number of fused-ring (bicyclic) bond motifs is 5. The summed E-state index contributed by atoms with van der Waals surface area (Å²) in [5, 5.41) is 1.06. The molecule has 0 radical (unpaired) electrons. The molecule has 0 saturated heterocycles. The molecule has 0 unspecified atom stereocenters. The molecule has 0 amide bonds. The van der Waals surface area contributed by atoms with Crippen molar-refractivity contribution in [2.75, 3.05) is 0 Å². The van der Waals surface area contributed by atoms with Crippen molar-refractivity contribution in [3.63, 3.8) is 0 Å². The number of benzene rings is 1. The second kappa shape index (κ2) is 4.61. The van der Waals surface area contributed by atoms with Gasteiger partial charge < -0.3 is 9.15 Å². The quantitative estimate of drug-likeness (QED) is 0.688. The van der Waals surface area contributed by atoms with E-state index in [9.17, 15) is 4.79 Å². The maximum Gasteiger partial charge on any atom is 0.339 e. The highest BCUT2D eigenvalue weighted by atomic mass is 16.5. The number of hydrogen-bond acceptors (Lipinski definition) is 3. The third-order valence-corrected chi connectivity index (χ3v) is 5.15. The predicted octanol–water partition coefficient (Wildman–Crippen LogP) is 4.08. The molecule has 0 spiro atoms. The summed E-state index contributed by atoms with van der Waals surface area (Å²) in [6.45, 7) is 6.35. The molecule has 22 heavy (non-hydrogen) atoms. The highest BCUT2D eigenvalue weighted by Crippen LogP contribution is 2.43. The van der Waals surface area contributed by atoms with E-state index < -0.39 is 0 Å². The zero-order valence-corrected chi connectivity index (χ0v) is 13.5. The summed E-state index contributed by atoms with van der Waals surface area (Å²) in [4.78, 5) is 12.3. The van der Waals surface area contributed by atoms with Gasteiger partial charge in [-0.3, -0.25) is 0 Å². The highest BCUT2D eigenvalue weighted by molar-refractivity contribution is 5.90. The van der Waals surface area contributed by atoms with Crippen LogP contribution in [0.15, 0.2) is 15.3 Å². The van der Waals surface area contributed by atoms with E-state index in [4.69, 9.17) is 9.15 Å². The number of aryl methyl sites for hydroxylation is 2. The lowest BCUT2D eigenvalue weighted by atomic mass is 9.86. The number of hydrogen-bond donors (Lipinski definition) is 0. The highest BCUT2D eigenvalue weighted by Gasteiger charge is 2.31. The Morgan fingerprint density at radius 1 is 1.05 bits per heavy atom. The first-order chi connectivity index (χ1) is 10.5. The van der Waals surface area contributed by atoms with Crippen LogP contribution in [0, 0.1) is 6.92 Å². The SMILES string of the molecule is Cc1cc2oc(=O)c3c(c2c2c1CCC(C)(C)O2)CCCC3. The van der Waals surface area contributed by atoms with E-state index in [0.29, 0.717) is 5.58 Å². The Hall–Kier alpha value is -1.77. The summed E-state index contributed by atoms with van der Waals surface area (Å²) in [6.07, 6.45) is 6.04. The molecule has 0 saturated carbocycles. The first-order valence-corrected chi connectivity index (χ1v) is 8.26. The molecule has 2 aromatic rings. The predicted molar refractivity (Wildman–Crippen MR) is 86.9 cm³/mol. The molecule has 1 aliphatic carbocycles. The smallest absolute Gasteiger partial charge is 0.339 e. The zero-order valence-electron chi connectivity index (χ0n) is 13.5. The van der Waals surface area contributed by atoms with Crippen molar-refractivity contribution in [2.24, 2.45) is 0 Å². The Morgan fingerprint density at radius 2 is 1.77 bits per heavy atom. The standard InChI is InChI=1S/C19H22O3/c1-11-10-15-16(17-12(11)8-9-19(2,3)22-17)13-6-4-5-7-14(13)18(20)21-15/h10H,4-9H2,1-3H3. The van der Waals surface area contributed by atoms with Crippen LogP contribution in [-0.2, 0) is 19.3 Å².